The van der Waals surface area contributed by atoms with Crippen molar-refractivity contribution in [1.29, 1.82) is 0 Å². The average Bonchev–Trinajstić information content (AvgIpc) is 3.47. The van der Waals surface area contributed by atoms with E-state index in [2.05, 4.69) is 30.6 Å². The third kappa shape index (κ3) is 3.13. The summed E-state index contributed by atoms with van der Waals surface area (Å²) in [6.45, 7) is 0.443. The Labute approximate surface area is 163 Å². The number of carbonyl (C=O) groups excluding carboxylic acids is 1. The lowest BCUT2D eigenvalue weighted by Gasteiger charge is -2.16. The first-order valence-electron chi connectivity index (χ1n) is 9.07. The Morgan fingerprint density at radius 1 is 1.28 bits per heavy atom. The largest absolute Gasteiger partial charge is 0.373 e. The minimum Gasteiger partial charge on any atom is -0.373 e. The van der Waals surface area contributed by atoms with Crippen LogP contribution in [0.4, 0.5) is 10.2 Å². The number of amides is 1. The number of halogens is 1. The maximum absolute atomic E-state index is 14.0. The molecule has 0 spiro atoms. The predicted molar refractivity (Wildman–Crippen MR) is 101 cm³/mol. The van der Waals surface area contributed by atoms with Crippen LogP contribution in [0.1, 0.15) is 18.1 Å². The number of carbonyl (C=O) groups is 1. The summed E-state index contributed by atoms with van der Waals surface area (Å²) in [5, 5.41) is 14.4. The molecule has 9 nitrogen and oxygen atoms in total. The summed E-state index contributed by atoms with van der Waals surface area (Å²) in [5.74, 6) is -0.629. The van der Waals surface area contributed by atoms with Crippen LogP contribution in [0.25, 0.3) is 16.7 Å². The molecule has 2 unspecified atom stereocenters. The molecule has 0 bridgehead atoms. The van der Waals surface area contributed by atoms with Gasteiger partial charge in [0.25, 0.3) is 0 Å². The van der Waals surface area contributed by atoms with E-state index in [-0.39, 0.29) is 11.7 Å². The van der Waals surface area contributed by atoms with E-state index >= 15 is 0 Å². The zero-order valence-corrected chi connectivity index (χ0v) is 15.1. The molecule has 5 rings (SSSR count). The number of para-hydroxylation sites is 1. The molecule has 0 aliphatic carbocycles. The maximum atomic E-state index is 14.0. The number of hydrogen-bond donors (Lipinski definition) is 2. The molecule has 4 aromatic rings. The van der Waals surface area contributed by atoms with Gasteiger partial charge in [0.05, 0.1) is 29.8 Å². The zero-order valence-electron chi connectivity index (χ0n) is 15.1. The Morgan fingerprint density at radius 2 is 2.17 bits per heavy atom. The van der Waals surface area contributed by atoms with Gasteiger partial charge in [-0.05, 0) is 18.6 Å². The zero-order chi connectivity index (χ0) is 19.8. The summed E-state index contributed by atoms with van der Waals surface area (Å²) in [6.07, 6.45) is 6.29. The molecule has 0 saturated carbocycles. The summed E-state index contributed by atoms with van der Waals surface area (Å²) in [5.41, 5.74) is 1.59. The van der Waals surface area contributed by atoms with Gasteiger partial charge in [-0.1, -0.05) is 12.1 Å². The van der Waals surface area contributed by atoms with Gasteiger partial charge >= 0.3 is 0 Å². The fourth-order valence-electron chi connectivity index (χ4n) is 3.51. The van der Waals surface area contributed by atoms with Crippen molar-refractivity contribution in [3.05, 3.63) is 60.6 Å². The monoisotopic (exact) mass is 393 g/mol. The van der Waals surface area contributed by atoms with Crippen molar-refractivity contribution in [2.75, 3.05) is 11.9 Å². The second-order valence-corrected chi connectivity index (χ2v) is 6.70. The molecule has 1 aliphatic rings. The quantitative estimate of drug-likeness (QED) is 0.551. The minimum atomic E-state index is -0.475. The van der Waals surface area contributed by atoms with Crippen molar-refractivity contribution in [2.45, 2.75) is 12.5 Å². The number of benzene rings is 1. The number of fused-ring (bicyclic) bond motifs is 1. The normalized spacial score (nSPS) is 18.9. The first kappa shape index (κ1) is 17.4. The number of H-pyrrole nitrogens is 1. The molecular formula is C19H16FN7O2. The molecule has 1 amide bonds. The van der Waals surface area contributed by atoms with Crippen LogP contribution in [0.3, 0.4) is 0 Å². The van der Waals surface area contributed by atoms with Crippen molar-refractivity contribution >= 4 is 22.8 Å². The van der Waals surface area contributed by atoms with E-state index < -0.39 is 12.0 Å². The smallest absolute Gasteiger partial charge is 0.231 e. The summed E-state index contributed by atoms with van der Waals surface area (Å²) in [7, 11) is 0. The number of rotatable bonds is 4. The highest BCUT2D eigenvalue weighted by atomic mass is 19.1. The highest BCUT2D eigenvalue weighted by molar-refractivity contribution is 5.99. The first-order chi connectivity index (χ1) is 14.2. The lowest BCUT2D eigenvalue weighted by atomic mass is 9.96. The van der Waals surface area contributed by atoms with Crippen molar-refractivity contribution in [1.82, 2.24) is 29.9 Å². The van der Waals surface area contributed by atoms with Gasteiger partial charge in [0.15, 0.2) is 5.65 Å². The summed E-state index contributed by atoms with van der Waals surface area (Å²) < 4.78 is 21.3. The molecule has 4 heterocycles. The molecular weight excluding hydrogens is 377 g/mol. The van der Waals surface area contributed by atoms with E-state index in [1.54, 1.807) is 36.8 Å². The number of ether oxygens (including phenoxy) is 1. The summed E-state index contributed by atoms with van der Waals surface area (Å²) in [4.78, 5) is 21.1. The van der Waals surface area contributed by atoms with Crippen LogP contribution in [0.2, 0.25) is 0 Å². The molecule has 29 heavy (non-hydrogen) atoms. The number of nitrogens with zero attached hydrogens (tertiary/aromatic N) is 5. The fraction of sp³-hybridized carbons (Fsp3) is 0.211. The molecule has 146 valence electrons. The lowest BCUT2D eigenvalue weighted by molar-refractivity contribution is -0.121. The Bertz CT molecular complexity index is 1190. The molecule has 0 radical (unpaired) electrons. The molecule has 1 fully saturated rings. The van der Waals surface area contributed by atoms with Crippen LogP contribution in [0, 0.1) is 11.7 Å². The third-order valence-corrected chi connectivity index (χ3v) is 4.95. The van der Waals surface area contributed by atoms with E-state index in [1.807, 2.05) is 0 Å². The Hall–Kier alpha value is -3.66. The third-order valence-electron chi connectivity index (χ3n) is 4.95. The van der Waals surface area contributed by atoms with E-state index in [0.717, 1.165) is 0 Å². The second-order valence-electron chi connectivity index (χ2n) is 6.70. The number of anilines is 1. The van der Waals surface area contributed by atoms with E-state index in [0.29, 0.717) is 41.1 Å². The molecule has 1 aromatic carbocycles. The van der Waals surface area contributed by atoms with Gasteiger partial charge in [-0.2, -0.15) is 10.2 Å². The minimum absolute atomic E-state index is 0.215. The summed E-state index contributed by atoms with van der Waals surface area (Å²) >= 11 is 0. The van der Waals surface area contributed by atoms with Gasteiger partial charge in [0.1, 0.15) is 23.6 Å². The molecule has 2 atom stereocenters. The van der Waals surface area contributed by atoms with Gasteiger partial charge in [0, 0.05) is 18.4 Å². The van der Waals surface area contributed by atoms with Gasteiger partial charge < -0.3 is 10.1 Å². The van der Waals surface area contributed by atoms with Crippen LogP contribution in [-0.4, -0.2) is 42.5 Å². The van der Waals surface area contributed by atoms with Crippen LogP contribution in [0.5, 0.6) is 0 Å². The van der Waals surface area contributed by atoms with Crippen LogP contribution in [0.15, 0.2) is 49.2 Å². The fourth-order valence-corrected chi connectivity index (χ4v) is 3.51. The number of aromatic amines is 1. The van der Waals surface area contributed by atoms with E-state index in [9.17, 15) is 9.18 Å². The maximum Gasteiger partial charge on any atom is 0.231 e. The highest BCUT2D eigenvalue weighted by Crippen LogP contribution is 2.35. The SMILES string of the molecule is O=C(Nc1ncnc2[nH]ncc12)C1CCOC1c1cnn(-c2ccccc2F)c1. The number of aromatic nitrogens is 6. The Kier molecular flexibility index (Phi) is 4.24. The van der Waals surface area contributed by atoms with Crippen LogP contribution < -0.4 is 5.32 Å². The van der Waals surface area contributed by atoms with Crippen molar-refractivity contribution in [3.8, 4) is 5.69 Å². The van der Waals surface area contributed by atoms with Gasteiger partial charge in [-0.15, -0.1) is 0 Å². The topological polar surface area (TPSA) is 111 Å². The summed E-state index contributed by atoms with van der Waals surface area (Å²) in [6, 6.07) is 6.36. The first-order valence-corrected chi connectivity index (χ1v) is 9.07. The second kappa shape index (κ2) is 7.06. The van der Waals surface area contributed by atoms with Gasteiger partial charge in [-0.3, -0.25) is 9.89 Å². The molecule has 2 N–H and O–H groups in total. The predicted octanol–water partition coefficient (Wildman–Crippen LogP) is 2.39. The molecule has 10 heteroatoms. The Morgan fingerprint density at radius 3 is 3.07 bits per heavy atom. The van der Waals surface area contributed by atoms with Crippen molar-refractivity contribution < 1.29 is 13.9 Å². The standard InChI is InChI=1S/C19H16FN7O2/c20-14-3-1-2-4-15(14)27-9-11(7-24-27)16-12(5-6-29-16)19(28)25-17-13-8-23-26-18(13)22-10-21-17/h1-4,7-10,12,16H,5-6H2,(H2,21,22,23,25,26,28). The van der Waals surface area contributed by atoms with Crippen molar-refractivity contribution in [2.24, 2.45) is 5.92 Å². The van der Waals surface area contributed by atoms with Crippen molar-refractivity contribution in [3.63, 3.8) is 0 Å². The lowest BCUT2D eigenvalue weighted by Crippen LogP contribution is -2.25. The van der Waals surface area contributed by atoms with Crippen LogP contribution >= 0.6 is 0 Å². The molecule has 1 saturated heterocycles. The number of hydrogen-bond acceptors (Lipinski definition) is 6. The number of nitrogens with one attached hydrogen (secondary N) is 2. The average molecular weight is 393 g/mol. The Balaban J connectivity index is 1.38. The van der Waals surface area contributed by atoms with Gasteiger partial charge in [-0.25, -0.2) is 19.0 Å². The van der Waals surface area contributed by atoms with E-state index in [1.165, 1.54) is 17.1 Å². The highest BCUT2D eigenvalue weighted by Gasteiger charge is 2.36. The molecule has 3 aromatic heterocycles. The van der Waals surface area contributed by atoms with Crippen LogP contribution in [-0.2, 0) is 9.53 Å². The van der Waals surface area contributed by atoms with Gasteiger partial charge in [0.2, 0.25) is 5.91 Å². The molecule has 1 aliphatic heterocycles. The van der Waals surface area contributed by atoms with E-state index in [4.69, 9.17) is 4.74 Å².